The Hall–Kier alpha value is -1.69. The zero-order chi connectivity index (χ0) is 11.6. The minimum Gasteiger partial charge on any atom is -0.508 e. The number of carbonyl (C=O) groups excluding carboxylic acids is 1. The summed E-state index contributed by atoms with van der Waals surface area (Å²) in [5.41, 5.74) is -1.51. The first-order chi connectivity index (χ1) is 6.97. The van der Waals surface area contributed by atoms with Gasteiger partial charge in [0.05, 0.1) is 16.9 Å². The van der Waals surface area contributed by atoms with Gasteiger partial charge in [-0.3, -0.25) is 14.9 Å². The Balaban J connectivity index is 3.46. The van der Waals surface area contributed by atoms with Crippen molar-refractivity contribution in [3.8, 4) is 5.75 Å². The number of ketones is 1. The summed E-state index contributed by atoms with van der Waals surface area (Å²) in [6.07, 6.45) is 0. The highest BCUT2D eigenvalue weighted by Gasteiger charge is 2.25. The van der Waals surface area contributed by atoms with Gasteiger partial charge in [-0.25, -0.2) is 4.39 Å². The number of phenolic OH excluding ortho intramolecular Hbond substituents is 1. The van der Waals surface area contributed by atoms with Crippen molar-refractivity contribution in [2.24, 2.45) is 0 Å². The van der Waals surface area contributed by atoms with Gasteiger partial charge in [-0.05, 0) is 0 Å². The number of nitro benzene ring substituents is 1. The van der Waals surface area contributed by atoms with Gasteiger partial charge >= 0.3 is 0 Å². The topological polar surface area (TPSA) is 80.4 Å². The SMILES string of the molecule is O=C(CCl)c1c(F)cc(O)cc1[N+](=O)[O-]. The Morgan fingerprint density at radius 2 is 2.20 bits per heavy atom. The number of aromatic hydroxyl groups is 1. The molecular formula is C8H5ClFNO4. The van der Waals surface area contributed by atoms with Crippen molar-refractivity contribution in [2.45, 2.75) is 0 Å². The second-order valence-electron chi connectivity index (χ2n) is 2.64. The average Bonchev–Trinajstić information content (AvgIpc) is 2.15. The van der Waals surface area contributed by atoms with Gasteiger partial charge in [0.15, 0.2) is 5.78 Å². The van der Waals surface area contributed by atoms with Crippen molar-refractivity contribution in [1.82, 2.24) is 0 Å². The van der Waals surface area contributed by atoms with Gasteiger partial charge < -0.3 is 5.11 Å². The van der Waals surface area contributed by atoms with E-state index in [1.165, 1.54) is 0 Å². The van der Waals surface area contributed by atoms with E-state index in [4.69, 9.17) is 16.7 Å². The standard InChI is InChI=1S/C8H5ClFNO4/c9-3-7(13)8-5(10)1-4(12)2-6(8)11(14)15/h1-2,12H,3H2. The molecular weight excluding hydrogens is 229 g/mol. The van der Waals surface area contributed by atoms with Crippen LogP contribution in [0, 0.1) is 15.9 Å². The first-order valence-corrected chi connectivity index (χ1v) is 4.27. The molecule has 0 unspecified atom stereocenters. The number of benzene rings is 1. The minimum absolute atomic E-state index is 0.567. The molecule has 1 aromatic rings. The number of phenols is 1. The van der Waals surface area contributed by atoms with E-state index in [1.807, 2.05) is 0 Å². The molecule has 0 bridgehead atoms. The van der Waals surface area contributed by atoms with E-state index >= 15 is 0 Å². The van der Waals surface area contributed by atoms with E-state index in [0.717, 1.165) is 0 Å². The number of carbonyl (C=O) groups is 1. The number of Topliss-reactive ketones (excluding diaryl/α,β-unsaturated/α-hetero) is 1. The summed E-state index contributed by atoms with van der Waals surface area (Å²) < 4.78 is 13.2. The average molecular weight is 234 g/mol. The minimum atomic E-state index is -1.16. The maximum absolute atomic E-state index is 13.2. The molecule has 0 aliphatic heterocycles. The largest absolute Gasteiger partial charge is 0.508 e. The molecule has 0 radical (unpaired) electrons. The molecule has 0 amide bonds. The van der Waals surface area contributed by atoms with Crippen LogP contribution in [0.1, 0.15) is 10.4 Å². The lowest BCUT2D eigenvalue weighted by atomic mass is 10.1. The van der Waals surface area contributed by atoms with Gasteiger partial charge in [-0.15, -0.1) is 11.6 Å². The molecule has 0 spiro atoms. The Morgan fingerprint density at radius 3 is 2.67 bits per heavy atom. The quantitative estimate of drug-likeness (QED) is 0.374. The van der Waals surface area contributed by atoms with E-state index in [0.29, 0.717) is 12.1 Å². The molecule has 7 heteroatoms. The van der Waals surface area contributed by atoms with Crippen LogP contribution in [0.2, 0.25) is 0 Å². The molecule has 0 fully saturated rings. The molecule has 0 saturated carbocycles. The molecule has 0 aliphatic rings. The number of alkyl halides is 1. The maximum Gasteiger partial charge on any atom is 0.286 e. The fourth-order valence-electron chi connectivity index (χ4n) is 1.07. The van der Waals surface area contributed by atoms with Crippen LogP contribution in [0.5, 0.6) is 5.75 Å². The van der Waals surface area contributed by atoms with Gasteiger partial charge in [-0.1, -0.05) is 0 Å². The molecule has 0 aliphatic carbocycles. The van der Waals surface area contributed by atoms with Crippen LogP contribution in [-0.4, -0.2) is 21.7 Å². The smallest absolute Gasteiger partial charge is 0.286 e. The molecule has 15 heavy (non-hydrogen) atoms. The third kappa shape index (κ3) is 2.21. The number of rotatable bonds is 3. The second kappa shape index (κ2) is 4.22. The molecule has 0 heterocycles. The van der Waals surface area contributed by atoms with Crippen LogP contribution in [0.15, 0.2) is 12.1 Å². The molecule has 0 aromatic heterocycles. The molecule has 1 rings (SSSR count). The Bertz CT molecular complexity index is 435. The number of nitro groups is 1. The van der Waals surface area contributed by atoms with Gasteiger partial charge in [0.2, 0.25) is 0 Å². The highest BCUT2D eigenvalue weighted by atomic mass is 35.5. The van der Waals surface area contributed by atoms with Crippen molar-refractivity contribution in [3.63, 3.8) is 0 Å². The molecule has 0 atom stereocenters. The van der Waals surface area contributed by atoms with E-state index in [2.05, 4.69) is 0 Å². The third-order valence-electron chi connectivity index (χ3n) is 1.65. The Labute approximate surface area is 88.2 Å². The lowest BCUT2D eigenvalue weighted by Gasteiger charge is -2.02. The summed E-state index contributed by atoms with van der Waals surface area (Å²) in [5, 5.41) is 19.4. The van der Waals surface area contributed by atoms with Crippen molar-refractivity contribution in [1.29, 1.82) is 0 Å². The van der Waals surface area contributed by atoms with Crippen molar-refractivity contribution in [3.05, 3.63) is 33.6 Å². The summed E-state index contributed by atoms with van der Waals surface area (Å²) >= 11 is 5.17. The Kier molecular flexibility index (Phi) is 3.21. The van der Waals surface area contributed by atoms with E-state index < -0.39 is 39.4 Å². The maximum atomic E-state index is 13.2. The first kappa shape index (κ1) is 11.4. The van der Waals surface area contributed by atoms with Crippen LogP contribution < -0.4 is 0 Å². The van der Waals surface area contributed by atoms with Crippen molar-refractivity contribution in [2.75, 3.05) is 5.88 Å². The van der Waals surface area contributed by atoms with Gasteiger partial charge in [-0.2, -0.15) is 0 Å². The van der Waals surface area contributed by atoms with Crippen LogP contribution in [0.25, 0.3) is 0 Å². The van der Waals surface area contributed by atoms with Gasteiger partial charge in [0.1, 0.15) is 17.1 Å². The molecule has 1 N–H and O–H groups in total. The second-order valence-corrected chi connectivity index (χ2v) is 2.90. The molecule has 5 nitrogen and oxygen atoms in total. The first-order valence-electron chi connectivity index (χ1n) is 3.73. The summed E-state index contributed by atoms with van der Waals surface area (Å²) in [5.74, 6) is -3.25. The monoisotopic (exact) mass is 233 g/mol. The van der Waals surface area contributed by atoms with E-state index in [9.17, 15) is 19.3 Å². The van der Waals surface area contributed by atoms with E-state index in [-0.39, 0.29) is 0 Å². The fourth-order valence-corrected chi connectivity index (χ4v) is 1.20. The normalized spacial score (nSPS) is 10.0. The van der Waals surface area contributed by atoms with Crippen LogP contribution in [0.3, 0.4) is 0 Å². The van der Waals surface area contributed by atoms with Crippen LogP contribution >= 0.6 is 11.6 Å². The third-order valence-corrected chi connectivity index (χ3v) is 1.89. The zero-order valence-corrected chi connectivity index (χ0v) is 7.99. The predicted octanol–water partition coefficient (Wildman–Crippen LogP) is 1.86. The van der Waals surface area contributed by atoms with Crippen molar-refractivity contribution >= 4 is 23.1 Å². The molecule has 0 saturated heterocycles. The molecule has 1 aromatic carbocycles. The fraction of sp³-hybridized carbons (Fsp3) is 0.125. The number of hydrogen-bond acceptors (Lipinski definition) is 4. The summed E-state index contributed by atoms with van der Waals surface area (Å²) in [7, 11) is 0. The predicted molar refractivity (Wildman–Crippen MR) is 49.8 cm³/mol. The van der Waals surface area contributed by atoms with Crippen LogP contribution in [-0.2, 0) is 0 Å². The van der Waals surface area contributed by atoms with Crippen molar-refractivity contribution < 1.29 is 19.2 Å². The highest BCUT2D eigenvalue weighted by molar-refractivity contribution is 6.31. The number of hydrogen-bond donors (Lipinski definition) is 1. The Morgan fingerprint density at radius 1 is 1.60 bits per heavy atom. The number of nitrogens with zero attached hydrogens (tertiary/aromatic N) is 1. The zero-order valence-electron chi connectivity index (χ0n) is 7.24. The van der Waals surface area contributed by atoms with E-state index in [1.54, 1.807) is 0 Å². The number of halogens is 2. The summed E-state index contributed by atoms with van der Waals surface area (Å²) in [6.45, 7) is 0. The van der Waals surface area contributed by atoms with Gasteiger partial charge in [0, 0.05) is 6.07 Å². The lowest BCUT2D eigenvalue weighted by molar-refractivity contribution is -0.385. The molecule has 80 valence electrons. The summed E-state index contributed by atoms with van der Waals surface area (Å²) in [6, 6.07) is 1.32. The van der Waals surface area contributed by atoms with Gasteiger partial charge in [0.25, 0.3) is 5.69 Å². The van der Waals surface area contributed by atoms with Crippen LogP contribution in [0.4, 0.5) is 10.1 Å². The summed E-state index contributed by atoms with van der Waals surface area (Å²) in [4.78, 5) is 20.6. The highest BCUT2D eigenvalue weighted by Crippen LogP contribution is 2.27. The lowest BCUT2D eigenvalue weighted by Crippen LogP contribution is -2.08.